The van der Waals surface area contributed by atoms with Crippen molar-refractivity contribution in [1.29, 1.82) is 0 Å². The maximum Gasteiger partial charge on any atom is 0.204 e. The molecule has 0 spiro atoms. The van der Waals surface area contributed by atoms with Gasteiger partial charge in [0.15, 0.2) is 0 Å². The van der Waals surface area contributed by atoms with Gasteiger partial charge in [-0.2, -0.15) is 0 Å². The van der Waals surface area contributed by atoms with Crippen molar-refractivity contribution in [1.82, 2.24) is 4.31 Å². The Labute approximate surface area is 163 Å². The second-order valence-electron chi connectivity index (χ2n) is 6.16. The second-order valence-corrected chi connectivity index (χ2v) is 9.03. The zero-order valence-corrected chi connectivity index (χ0v) is 16.7. The number of halogens is 2. The fraction of sp³-hybridized carbons (Fsp3) is 0.375. The van der Waals surface area contributed by atoms with Crippen molar-refractivity contribution in [3.63, 3.8) is 0 Å². The molecule has 1 aromatic carbocycles. The highest BCUT2D eigenvalue weighted by Gasteiger charge is 2.37. The van der Waals surface area contributed by atoms with E-state index in [1.165, 1.54) is 22.3 Å². The zero-order valence-electron chi connectivity index (χ0n) is 14.3. The standard InChI is InChI=1S/C16H19ClFN5OS2/c1-16(9-26(24)23(2)15(19)21-16)12-7-11(4-5-13(12)18)22-25-14-6-3-10(17)8-20-14/h3-7,10,22H,8-9H2,1-2H3,(H2,19,21). The van der Waals surface area contributed by atoms with Gasteiger partial charge >= 0.3 is 0 Å². The molecule has 0 saturated carbocycles. The Balaban J connectivity index is 1.82. The number of hydrogen-bond acceptors (Lipinski definition) is 6. The molecule has 1 aromatic rings. The average Bonchev–Trinajstić information content (AvgIpc) is 2.60. The Kier molecular flexibility index (Phi) is 5.59. The van der Waals surface area contributed by atoms with Crippen molar-refractivity contribution in [2.45, 2.75) is 17.8 Å². The van der Waals surface area contributed by atoms with Crippen LogP contribution in [0.25, 0.3) is 0 Å². The van der Waals surface area contributed by atoms with Gasteiger partial charge < -0.3 is 10.5 Å². The fourth-order valence-electron chi connectivity index (χ4n) is 2.59. The number of hydrogen-bond donors (Lipinski definition) is 2. The van der Waals surface area contributed by atoms with Gasteiger partial charge in [0.2, 0.25) is 5.96 Å². The Bertz CT molecular complexity index is 831. The molecule has 26 heavy (non-hydrogen) atoms. The maximum absolute atomic E-state index is 14.5. The summed E-state index contributed by atoms with van der Waals surface area (Å²) in [4.78, 5) is 8.72. The summed E-state index contributed by atoms with van der Waals surface area (Å²) in [5, 5.41) is 0.715. The number of anilines is 1. The first kappa shape index (κ1) is 19.2. The van der Waals surface area contributed by atoms with E-state index in [1.54, 1.807) is 26.1 Å². The van der Waals surface area contributed by atoms with Crippen LogP contribution < -0.4 is 10.5 Å². The third kappa shape index (κ3) is 4.05. The van der Waals surface area contributed by atoms with E-state index in [0.717, 1.165) is 5.04 Å². The third-order valence-corrected chi connectivity index (χ3v) is 6.79. The summed E-state index contributed by atoms with van der Waals surface area (Å²) < 4.78 is 31.3. The molecule has 0 aliphatic carbocycles. The van der Waals surface area contributed by atoms with Gasteiger partial charge in [-0.1, -0.05) is 6.08 Å². The number of nitrogens with two attached hydrogens (primary N) is 1. The molecular weight excluding hydrogens is 397 g/mol. The summed E-state index contributed by atoms with van der Waals surface area (Å²) in [6.07, 6.45) is 3.72. The van der Waals surface area contributed by atoms with Gasteiger partial charge in [-0.3, -0.25) is 9.30 Å². The lowest BCUT2D eigenvalue weighted by Crippen LogP contribution is -2.47. The number of guanidine groups is 1. The van der Waals surface area contributed by atoms with Gasteiger partial charge in [0.1, 0.15) is 27.4 Å². The van der Waals surface area contributed by atoms with Crippen molar-refractivity contribution >= 4 is 51.2 Å². The van der Waals surface area contributed by atoms with E-state index in [1.807, 2.05) is 12.2 Å². The van der Waals surface area contributed by atoms with Gasteiger partial charge in [-0.25, -0.2) is 13.6 Å². The van der Waals surface area contributed by atoms with Crippen molar-refractivity contribution in [3.8, 4) is 0 Å². The van der Waals surface area contributed by atoms with Crippen LogP contribution >= 0.6 is 23.5 Å². The van der Waals surface area contributed by atoms with Gasteiger partial charge in [-0.15, -0.1) is 11.6 Å². The number of aliphatic imine (C=N–C) groups is 2. The summed E-state index contributed by atoms with van der Waals surface area (Å²) >= 11 is 7.27. The van der Waals surface area contributed by atoms with E-state index in [-0.39, 0.29) is 17.1 Å². The first-order valence-corrected chi connectivity index (χ1v) is 10.4. The van der Waals surface area contributed by atoms with E-state index < -0.39 is 22.3 Å². The minimum atomic E-state index is -1.37. The smallest absolute Gasteiger partial charge is 0.204 e. The van der Waals surface area contributed by atoms with Crippen molar-refractivity contribution in [2.75, 3.05) is 24.1 Å². The summed E-state index contributed by atoms with van der Waals surface area (Å²) in [6, 6.07) is 4.66. The van der Waals surface area contributed by atoms with Crippen LogP contribution in [0, 0.1) is 5.82 Å². The average molecular weight is 416 g/mol. The Morgan fingerprint density at radius 1 is 1.54 bits per heavy atom. The molecule has 0 fully saturated rings. The molecule has 0 saturated heterocycles. The molecule has 6 nitrogen and oxygen atoms in total. The molecule has 0 radical (unpaired) electrons. The van der Waals surface area contributed by atoms with Crippen LogP contribution in [0.5, 0.6) is 0 Å². The van der Waals surface area contributed by atoms with Gasteiger partial charge in [0.05, 0.1) is 17.7 Å². The fourth-order valence-corrected chi connectivity index (χ4v) is 4.51. The van der Waals surface area contributed by atoms with E-state index in [0.29, 0.717) is 17.8 Å². The molecule has 0 aromatic heterocycles. The Morgan fingerprint density at radius 2 is 2.31 bits per heavy atom. The monoisotopic (exact) mass is 415 g/mol. The van der Waals surface area contributed by atoms with Crippen molar-refractivity contribution in [3.05, 3.63) is 41.7 Å². The molecule has 2 heterocycles. The van der Waals surface area contributed by atoms with E-state index in [9.17, 15) is 8.60 Å². The molecule has 3 rings (SSSR count). The summed E-state index contributed by atoms with van der Waals surface area (Å²) in [5.74, 6) is -0.132. The first-order valence-electron chi connectivity index (χ1n) is 7.86. The van der Waals surface area contributed by atoms with E-state index >= 15 is 0 Å². The maximum atomic E-state index is 14.5. The van der Waals surface area contributed by atoms with Gasteiger partial charge in [0, 0.05) is 30.2 Å². The van der Waals surface area contributed by atoms with Crippen LogP contribution in [0.15, 0.2) is 40.3 Å². The predicted octanol–water partition coefficient (Wildman–Crippen LogP) is 2.60. The molecule has 0 amide bonds. The van der Waals surface area contributed by atoms with E-state index in [4.69, 9.17) is 17.3 Å². The SMILES string of the molecule is CN1C(N)=NC(C)(c2cc(NSC3=NCC(Cl)C=C3)ccc2F)CS1=O. The molecule has 2 aliphatic heterocycles. The highest BCUT2D eigenvalue weighted by Crippen LogP contribution is 2.34. The summed E-state index contributed by atoms with van der Waals surface area (Å²) in [7, 11) is 0.234. The van der Waals surface area contributed by atoms with Crippen LogP contribution in [0.3, 0.4) is 0 Å². The Hall–Kier alpha value is -1.58. The molecular formula is C16H19ClFN5OS2. The van der Waals surface area contributed by atoms with Gasteiger partial charge in [0.25, 0.3) is 0 Å². The molecule has 3 N–H and O–H groups in total. The predicted molar refractivity (Wildman–Crippen MR) is 108 cm³/mol. The molecule has 2 aliphatic rings. The molecule has 3 unspecified atom stereocenters. The number of dihydropyridines is 1. The minimum absolute atomic E-state index is 0.0784. The quantitative estimate of drug-likeness (QED) is 0.587. The lowest BCUT2D eigenvalue weighted by atomic mass is 9.93. The lowest BCUT2D eigenvalue weighted by molar-refractivity contribution is 0.482. The molecule has 0 bridgehead atoms. The van der Waals surface area contributed by atoms with Crippen LogP contribution in [-0.4, -0.2) is 44.2 Å². The molecule has 140 valence electrons. The molecule has 10 heteroatoms. The number of nitrogens with zero attached hydrogens (tertiary/aromatic N) is 3. The second kappa shape index (κ2) is 7.58. The van der Waals surface area contributed by atoms with Crippen molar-refractivity contribution < 1.29 is 8.60 Å². The number of rotatable bonds is 3. The van der Waals surface area contributed by atoms with E-state index in [2.05, 4.69) is 14.7 Å². The van der Waals surface area contributed by atoms with Gasteiger partial charge in [-0.05, 0) is 31.2 Å². The number of benzene rings is 1. The van der Waals surface area contributed by atoms with Crippen LogP contribution in [0.4, 0.5) is 10.1 Å². The topological polar surface area (TPSA) is 83.1 Å². The zero-order chi connectivity index (χ0) is 18.9. The summed E-state index contributed by atoms with van der Waals surface area (Å²) in [6.45, 7) is 2.26. The summed E-state index contributed by atoms with van der Waals surface area (Å²) in [5.41, 5.74) is 5.88. The largest absolute Gasteiger partial charge is 0.369 e. The first-order chi connectivity index (χ1) is 12.3. The Morgan fingerprint density at radius 3 is 2.96 bits per heavy atom. The van der Waals surface area contributed by atoms with Crippen LogP contribution in [-0.2, 0) is 16.5 Å². The normalized spacial score (nSPS) is 28.5. The number of alkyl halides is 1. The highest BCUT2D eigenvalue weighted by molar-refractivity contribution is 8.15. The highest BCUT2D eigenvalue weighted by atomic mass is 35.5. The van der Waals surface area contributed by atoms with Crippen molar-refractivity contribution in [2.24, 2.45) is 15.7 Å². The minimum Gasteiger partial charge on any atom is -0.369 e. The lowest BCUT2D eigenvalue weighted by Gasteiger charge is -2.34. The molecule has 3 atom stereocenters. The van der Waals surface area contributed by atoms with Crippen LogP contribution in [0.2, 0.25) is 0 Å². The van der Waals surface area contributed by atoms with Crippen LogP contribution in [0.1, 0.15) is 12.5 Å². The third-order valence-electron chi connectivity index (χ3n) is 4.08. The number of nitrogens with one attached hydrogen (secondary N) is 1.